The number of benzene rings is 3. The summed E-state index contributed by atoms with van der Waals surface area (Å²) < 4.78 is 5.93. The normalized spacial score (nSPS) is 14.7. The number of hydrogen-bond donors (Lipinski definition) is 1. The van der Waals surface area contributed by atoms with E-state index in [4.69, 9.17) is 27.9 Å². The lowest BCUT2D eigenvalue weighted by Gasteiger charge is -2.30. The number of fused-ring (bicyclic) bond motifs is 1. The van der Waals surface area contributed by atoms with Gasteiger partial charge in [0.05, 0.1) is 0 Å². The molecule has 0 radical (unpaired) electrons. The molecular weight excluding hydrogens is 471 g/mol. The van der Waals surface area contributed by atoms with Gasteiger partial charge in [-0.15, -0.1) is 0 Å². The molecule has 34 heavy (non-hydrogen) atoms. The van der Waals surface area contributed by atoms with E-state index >= 15 is 0 Å². The summed E-state index contributed by atoms with van der Waals surface area (Å²) in [4.78, 5) is 27.9. The molecule has 0 aromatic heterocycles. The average Bonchev–Trinajstić information content (AvgIpc) is 3.35. The topological polar surface area (TPSA) is 58.6 Å². The van der Waals surface area contributed by atoms with E-state index in [1.807, 2.05) is 42.5 Å². The van der Waals surface area contributed by atoms with Gasteiger partial charge in [0.25, 0.3) is 5.91 Å². The summed E-state index contributed by atoms with van der Waals surface area (Å²) in [7, 11) is 0. The molecule has 1 saturated carbocycles. The van der Waals surface area contributed by atoms with Crippen molar-refractivity contribution >= 4 is 45.8 Å². The maximum Gasteiger partial charge on any atom is 0.261 e. The van der Waals surface area contributed by atoms with Gasteiger partial charge in [0.1, 0.15) is 11.8 Å². The summed E-state index contributed by atoms with van der Waals surface area (Å²) in [6.45, 7) is 1.62. The third-order valence-electron chi connectivity index (χ3n) is 6.36. The number of carbonyl (C=O) groups excluding carboxylic acids is 2. The Morgan fingerprint density at radius 2 is 1.65 bits per heavy atom. The lowest BCUT2D eigenvalue weighted by molar-refractivity contribution is -0.142. The van der Waals surface area contributed by atoms with Crippen LogP contribution in [0.3, 0.4) is 0 Å². The van der Waals surface area contributed by atoms with Crippen LogP contribution in [0.4, 0.5) is 0 Å². The van der Waals surface area contributed by atoms with Crippen molar-refractivity contribution in [1.82, 2.24) is 10.2 Å². The minimum atomic E-state index is -0.712. The lowest BCUT2D eigenvalue weighted by Crippen LogP contribution is -2.50. The molecule has 4 rings (SSSR count). The minimum absolute atomic E-state index is 0.107. The predicted molar refractivity (Wildman–Crippen MR) is 136 cm³/mol. The highest BCUT2D eigenvalue weighted by Crippen LogP contribution is 2.28. The van der Waals surface area contributed by atoms with Crippen LogP contribution >= 0.6 is 23.2 Å². The van der Waals surface area contributed by atoms with Gasteiger partial charge in [0.15, 0.2) is 6.61 Å². The van der Waals surface area contributed by atoms with E-state index in [1.165, 1.54) is 4.90 Å². The van der Waals surface area contributed by atoms with Gasteiger partial charge < -0.3 is 15.0 Å². The quantitative estimate of drug-likeness (QED) is 0.414. The van der Waals surface area contributed by atoms with E-state index in [0.717, 1.165) is 36.5 Å². The van der Waals surface area contributed by atoms with Crippen LogP contribution in [0.5, 0.6) is 5.75 Å². The second-order valence-corrected chi connectivity index (χ2v) is 9.47. The molecule has 1 atom stereocenters. The van der Waals surface area contributed by atoms with Crippen molar-refractivity contribution in [1.29, 1.82) is 0 Å². The van der Waals surface area contributed by atoms with Gasteiger partial charge in [0, 0.05) is 33.6 Å². The second kappa shape index (κ2) is 11.1. The first-order chi connectivity index (χ1) is 16.4. The van der Waals surface area contributed by atoms with Crippen molar-refractivity contribution in [2.45, 2.75) is 51.2 Å². The molecule has 7 heteroatoms. The Morgan fingerprint density at radius 3 is 2.38 bits per heavy atom. The highest BCUT2D eigenvalue weighted by Gasteiger charge is 2.29. The highest BCUT2D eigenvalue weighted by molar-refractivity contribution is 6.36. The maximum absolute atomic E-state index is 13.4. The summed E-state index contributed by atoms with van der Waals surface area (Å²) in [5.74, 6) is 0.108. The number of hydrogen-bond acceptors (Lipinski definition) is 3. The van der Waals surface area contributed by atoms with Crippen molar-refractivity contribution in [3.8, 4) is 5.75 Å². The molecule has 3 aromatic rings. The highest BCUT2D eigenvalue weighted by atomic mass is 35.5. The first-order valence-corrected chi connectivity index (χ1v) is 12.3. The third kappa shape index (κ3) is 5.65. The van der Waals surface area contributed by atoms with Crippen molar-refractivity contribution in [3.05, 3.63) is 76.3 Å². The lowest BCUT2D eigenvalue weighted by atomic mass is 10.1. The first-order valence-electron chi connectivity index (χ1n) is 11.6. The van der Waals surface area contributed by atoms with E-state index in [2.05, 4.69) is 5.32 Å². The fraction of sp³-hybridized carbons (Fsp3) is 0.333. The maximum atomic E-state index is 13.4. The molecule has 0 heterocycles. The number of amides is 2. The Morgan fingerprint density at radius 1 is 1.00 bits per heavy atom. The molecule has 1 N–H and O–H groups in total. The molecule has 1 aliphatic carbocycles. The van der Waals surface area contributed by atoms with Crippen molar-refractivity contribution in [2.75, 3.05) is 6.61 Å². The summed E-state index contributed by atoms with van der Waals surface area (Å²) in [5.41, 5.74) is 0.602. The van der Waals surface area contributed by atoms with Crippen LogP contribution < -0.4 is 10.1 Å². The van der Waals surface area contributed by atoms with Gasteiger partial charge in [-0.05, 0) is 43.4 Å². The summed E-state index contributed by atoms with van der Waals surface area (Å²) >= 11 is 12.8. The number of rotatable bonds is 8. The van der Waals surface area contributed by atoms with Crippen molar-refractivity contribution in [3.63, 3.8) is 0 Å². The third-order valence-corrected chi connectivity index (χ3v) is 7.07. The van der Waals surface area contributed by atoms with E-state index < -0.39 is 6.04 Å². The molecular formula is C27H28Cl2N2O3. The van der Waals surface area contributed by atoms with Gasteiger partial charge >= 0.3 is 0 Å². The molecule has 3 aromatic carbocycles. The number of nitrogens with one attached hydrogen (secondary N) is 1. The molecule has 1 fully saturated rings. The molecule has 0 aliphatic heterocycles. The number of carbonyl (C=O) groups is 2. The van der Waals surface area contributed by atoms with Crippen LogP contribution in [0.2, 0.25) is 10.0 Å². The molecule has 0 spiro atoms. The fourth-order valence-corrected chi connectivity index (χ4v) is 4.89. The summed E-state index contributed by atoms with van der Waals surface area (Å²) in [6.07, 6.45) is 4.14. The molecule has 1 aliphatic rings. The average molecular weight is 499 g/mol. The van der Waals surface area contributed by atoms with E-state index in [9.17, 15) is 9.59 Å². The number of ether oxygens (including phenoxy) is 1. The Labute approximate surface area is 210 Å². The van der Waals surface area contributed by atoms with Gasteiger partial charge in [-0.3, -0.25) is 9.59 Å². The van der Waals surface area contributed by atoms with Crippen LogP contribution in [-0.4, -0.2) is 35.4 Å². The van der Waals surface area contributed by atoms with Gasteiger partial charge in [-0.1, -0.05) is 78.5 Å². The van der Waals surface area contributed by atoms with Gasteiger partial charge in [-0.2, -0.15) is 0 Å². The fourth-order valence-electron chi connectivity index (χ4n) is 4.37. The zero-order valence-electron chi connectivity index (χ0n) is 19.1. The Bertz CT molecular complexity index is 1150. The zero-order chi connectivity index (χ0) is 24.1. The molecule has 0 bridgehead atoms. The van der Waals surface area contributed by atoms with Crippen LogP contribution in [0.25, 0.3) is 10.8 Å². The van der Waals surface area contributed by atoms with Gasteiger partial charge in [-0.25, -0.2) is 0 Å². The predicted octanol–water partition coefficient (Wildman–Crippen LogP) is 6.00. The number of halogens is 2. The monoisotopic (exact) mass is 498 g/mol. The Kier molecular flexibility index (Phi) is 7.96. The molecule has 178 valence electrons. The van der Waals surface area contributed by atoms with Gasteiger partial charge in [0.2, 0.25) is 5.91 Å². The molecule has 0 unspecified atom stereocenters. The minimum Gasteiger partial charge on any atom is -0.483 e. The standard InChI is InChI=1S/C27H28Cl2N2O3/c1-18(27(33)30-20-10-3-4-11-20)31(16-22-23(28)13-7-14-24(22)29)26(32)17-34-25-15-6-9-19-8-2-5-12-21(19)25/h2,5-9,12-15,18,20H,3-4,10-11,16-17H2,1H3,(H,30,33)/t18-/m1/s1. The van der Waals surface area contributed by atoms with E-state index in [0.29, 0.717) is 21.4 Å². The second-order valence-electron chi connectivity index (χ2n) is 8.65. The van der Waals surface area contributed by atoms with Crippen LogP contribution in [0.1, 0.15) is 38.2 Å². The van der Waals surface area contributed by atoms with Crippen molar-refractivity contribution < 1.29 is 14.3 Å². The Balaban J connectivity index is 1.54. The largest absolute Gasteiger partial charge is 0.483 e. The van der Waals surface area contributed by atoms with Crippen LogP contribution in [0.15, 0.2) is 60.7 Å². The first kappa shape index (κ1) is 24.4. The SMILES string of the molecule is C[C@H](C(=O)NC1CCCC1)N(Cc1c(Cl)cccc1Cl)C(=O)COc1cccc2ccccc12. The zero-order valence-corrected chi connectivity index (χ0v) is 20.6. The van der Waals surface area contributed by atoms with Crippen molar-refractivity contribution in [2.24, 2.45) is 0 Å². The summed E-state index contributed by atoms with van der Waals surface area (Å²) in [6, 6.07) is 18.2. The van der Waals surface area contributed by atoms with E-state index in [-0.39, 0.29) is 31.0 Å². The molecule has 0 saturated heterocycles. The molecule has 5 nitrogen and oxygen atoms in total. The smallest absolute Gasteiger partial charge is 0.261 e. The van der Waals surface area contributed by atoms with E-state index in [1.54, 1.807) is 25.1 Å². The Hall–Kier alpha value is -2.76. The summed E-state index contributed by atoms with van der Waals surface area (Å²) in [5, 5.41) is 5.93. The molecule has 2 amide bonds. The van der Waals surface area contributed by atoms with Crippen LogP contribution in [-0.2, 0) is 16.1 Å². The van der Waals surface area contributed by atoms with Crippen LogP contribution in [0, 0.1) is 0 Å². The number of nitrogens with zero attached hydrogens (tertiary/aromatic N) is 1.